The summed E-state index contributed by atoms with van der Waals surface area (Å²) in [6, 6.07) is 5.95. The van der Waals surface area contributed by atoms with Crippen LogP contribution in [-0.4, -0.2) is 20.7 Å². The Morgan fingerprint density at radius 2 is 2.11 bits per heavy atom. The van der Waals surface area contributed by atoms with Crippen molar-refractivity contribution in [1.29, 1.82) is 0 Å². The average molecular weight is 268 g/mol. The lowest BCUT2D eigenvalue weighted by Gasteiger charge is -2.25. The molecule has 0 bridgehead atoms. The van der Waals surface area contributed by atoms with Crippen molar-refractivity contribution in [2.75, 3.05) is 20.7 Å². The fourth-order valence-corrected chi connectivity index (χ4v) is 3.29. The normalized spacial score (nSPS) is 17.9. The lowest BCUT2D eigenvalue weighted by Crippen LogP contribution is -2.23. The van der Waals surface area contributed by atoms with E-state index < -0.39 is 0 Å². The highest BCUT2D eigenvalue weighted by atomic mass is 35.5. The predicted octanol–water partition coefficient (Wildman–Crippen LogP) is 3.84. The molecule has 0 aromatic heterocycles. The molecule has 1 atom stereocenters. The Morgan fingerprint density at radius 1 is 1.39 bits per heavy atom. The summed E-state index contributed by atoms with van der Waals surface area (Å²) in [6.45, 7) is 0.987. The molecule has 0 aliphatic heterocycles. The van der Waals surface area contributed by atoms with Gasteiger partial charge < -0.3 is 10.1 Å². The van der Waals surface area contributed by atoms with Crippen LogP contribution in [0.5, 0.6) is 5.75 Å². The van der Waals surface area contributed by atoms with Crippen molar-refractivity contribution in [2.24, 2.45) is 5.92 Å². The summed E-state index contributed by atoms with van der Waals surface area (Å²) < 4.78 is 5.50. The second-order valence-electron chi connectivity index (χ2n) is 5.09. The van der Waals surface area contributed by atoms with Crippen LogP contribution in [0.15, 0.2) is 18.2 Å². The van der Waals surface area contributed by atoms with Gasteiger partial charge in [0.25, 0.3) is 0 Å². The van der Waals surface area contributed by atoms with Gasteiger partial charge in [0, 0.05) is 23.0 Å². The molecule has 1 aliphatic carbocycles. The van der Waals surface area contributed by atoms with Crippen LogP contribution in [0.25, 0.3) is 0 Å². The second-order valence-corrected chi connectivity index (χ2v) is 5.53. The Kier molecular flexibility index (Phi) is 4.90. The summed E-state index contributed by atoms with van der Waals surface area (Å²) in [7, 11) is 3.75. The van der Waals surface area contributed by atoms with E-state index in [0.29, 0.717) is 5.92 Å². The first-order chi connectivity index (χ1) is 8.76. The first-order valence-electron chi connectivity index (χ1n) is 6.74. The molecular formula is C15H22ClNO. The maximum absolute atomic E-state index is 6.15. The highest BCUT2D eigenvalue weighted by Crippen LogP contribution is 2.41. The smallest absolute Gasteiger partial charge is 0.122 e. The first-order valence-corrected chi connectivity index (χ1v) is 7.12. The third-order valence-electron chi connectivity index (χ3n) is 3.98. The molecule has 2 nitrogen and oxygen atoms in total. The molecule has 3 heteroatoms. The Labute approximate surface area is 115 Å². The van der Waals surface area contributed by atoms with Gasteiger partial charge in [0.05, 0.1) is 7.11 Å². The summed E-state index contributed by atoms with van der Waals surface area (Å²) in [6.07, 6.45) is 5.35. The van der Waals surface area contributed by atoms with Gasteiger partial charge in [-0.2, -0.15) is 0 Å². The number of nitrogens with one attached hydrogen (secondary N) is 1. The van der Waals surface area contributed by atoms with E-state index in [2.05, 4.69) is 11.4 Å². The van der Waals surface area contributed by atoms with Crippen molar-refractivity contribution in [3.8, 4) is 5.75 Å². The summed E-state index contributed by atoms with van der Waals surface area (Å²) in [4.78, 5) is 0. The van der Waals surface area contributed by atoms with E-state index in [0.717, 1.165) is 23.2 Å². The third kappa shape index (κ3) is 2.99. The van der Waals surface area contributed by atoms with E-state index >= 15 is 0 Å². The molecule has 0 spiro atoms. The summed E-state index contributed by atoms with van der Waals surface area (Å²) in [5.74, 6) is 2.22. The topological polar surface area (TPSA) is 21.3 Å². The van der Waals surface area contributed by atoms with Gasteiger partial charge in [0.1, 0.15) is 5.75 Å². The van der Waals surface area contributed by atoms with Crippen LogP contribution >= 0.6 is 11.6 Å². The molecule has 0 amide bonds. The van der Waals surface area contributed by atoms with E-state index in [4.69, 9.17) is 16.3 Å². The van der Waals surface area contributed by atoms with Gasteiger partial charge in [-0.25, -0.2) is 0 Å². The first kappa shape index (κ1) is 13.7. The highest BCUT2D eigenvalue weighted by Gasteiger charge is 2.28. The fourth-order valence-electron chi connectivity index (χ4n) is 3.11. The SMILES string of the molecule is CNCC(c1cc(Cl)ccc1OC)C1CCCC1. The minimum atomic E-state index is 0.506. The number of methoxy groups -OCH3 is 1. The van der Waals surface area contributed by atoms with Crippen LogP contribution < -0.4 is 10.1 Å². The van der Waals surface area contributed by atoms with E-state index in [1.165, 1.54) is 31.2 Å². The largest absolute Gasteiger partial charge is 0.496 e. The highest BCUT2D eigenvalue weighted by molar-refractivity contribution is 6.30. The van der Waals surface area contributed by atoms with E-state index in [9.17, 15) is 0 Å². The number of hydrogen-bond donors (Lipinski definition) is 1. The van der Waals surface area contributed by atoms with E-state index in [1.54, 1.807) is 7.11 Å². The van der Waals surface area contributed by atoms with E-state index in [-0.39, 0.29) is 0 Å². The van der Waals surface area contributed by atoms with Crippen molar-refractivity contribution in [1.82, 2.24) is 5.32 Å². The summed E-state index contributed by atoms with van der Waals surface area (Å²) >= 11 is 6.15. The van der Waals surface area contributed by atoms with Crippen LogP contribution in [0.4, 0.5) is 0 Å². The molecule has 1 aromatic rings. The molecule has 2 rings (SSSR count). The zero-order valence-corrected chi connectivity index (χ0v) is 12.0. The molecule has 1 unspecified atom stereocenters. The molecule has 100 valence electrons. The minimum absolute atomic E-state index is 0.506. The van der Waals surface area contributed by atoms with Crippen molar-refractivity contribution < 1.29 is 4.74 Å². The maximum Gasteiger partial charge on any atom is 0.122 e. The average Bonchev–Trinajstić information content (AvgIpc) is 2.89. The van der Waals surface area contributed by atoms with Gasteiger partial charge in [-0.15, -0.1) is 0 Å². The van der Waals surface area contributed by atoms with Crippen LogP contribution in [0.2, 0.25) is 5.02 Å². The van der Waals surface area contributed by atoms with Gasteiger partial charge in [-0.3, -0.25) is 0 Å². The zero-order valence-electron chi connectivity index (χ0n) is 11.2. The third-order valence-corrected chi connectivity index (χ3v) is 4.22. The Balaban J connectivity index is 2.31. The van der Waals surface area contributed by atoms with Gasteiger partial charge >= 0.3 is 0 Å². The van der Waals surface area contributed by atoms with Gasteiger partial charge in [0.2, 0.25) is 0 Å². The van der Waals surface area contributed by atoms with Crippen molar-refractivity contribution in [3.05, 3.63) is 28.8 Å². The quantitative estimate of drug-likeness (QED) is 0.875. The van der Waals surface area contributed by atoms with Crippen molar-refractivity contribution in [3.63, 3.8) is 0 Å². The number of rotatable bonds is 5. The molecule has 18 heavy (non-hydrogen) atoms. The minimum Gasteiger partial charge on any atom is -0.496 e. The number of likely N-dealkylation sites (N-methyl/N-ethyl adjacent to an activating group) is 1. The number of hydrogen-bond acceptors (Lipinski definition) is 2. The van der Waals surface area contributed by atoms with Crippen molar-refractivity contribution in [2.45, 2.75) is 31.6 Å². The Bertz CT molecular complexity index is 388. The van der Waals surface area contributed by atoms with Crippen LogP contribution in [0.3, 0.4) is 0 Å². The molecule has 1 aromatic carbocycles. The monoisotopic (exact) mass is 267 g/mol. The van der Waals surface area contributed by atoms with Crippen LogP contribution in [-0.2, 0) is 0 Å². The predicted molar refractivity (Wildman–Crippen MR) is 76.6 cm³/mol. The molecule has 1 aliphatic rings. The molecule has 0 heterocycles. The lowest BCUT2D eigenvalue weighted by molar-refractivity contribution is 0.377. The zero-order chi connectivity index (χ0) is 13.0. The molecule has 1 N–H and O–H groups in total. The van der Waals surface area contributed by atoms with E-state index in [1.807, 2.05) is 19.2 Å². The summed E-state index contributed by atoms with van der Waals surface area (Å²) in [5.41, 5.74) is 1.26. The maximum atomic E-state index is 6.15. The van der Waals surface area contributed by atoms with Gasteiger partial charge in [0.15, 0.2) is 0 Å². The standard InChI is InChI=1S/C15H22ClNO/c1-17-10-14(11-5-3-4-6-11)13-9-12(16)7-8-15(13)18-2/h7-9,11,14,17H,3-6,10H2,1-2H3. The molecular weight excluding hydrogens is 246 g/mol. The number of halogens is 1. The van der Waals surface area contributed by atoms with Crippen LogP contribution in [0.1, 0.15) is 37.2 Å². The molecule has 1 saturated carbocycles. The second kappa shape index (κ2) is 6.44. The Hall–Kier alpha value is -0.730. The fraction of sp³-hybridized carbons (Fsp3) is 0.600. The van der Waals surface area contributed by atoms with Gasteiger partial charge in [-0.1, -0.05) is 24.4 Å². The molecule has 0 radical (unpaired) electrons. The lowest BCUT2D eigenvalue weighted by atomic mass is 9.84. The number of benzene rings is 1. The van der Waals surface area contributed by atoms with Crippen LogP contribution in [0, 0.1) is 5.92 Å². The van der Waals surface area contributed by atoms with Crippen molar-refractivity contribution >= 4 is 11.6 Å². The molecule has 0 saturated heterocycles. The molecule has 1 fully saturated rings. The Morgan fingerprint density at radius 3 is 2.72 bits per heavy atom. The summed E-state index contributed by atoms with van der Waals surface area (Å²) in [5, 5.41) is 4.11. The van der Waals surface area contributed by atoms with Gasteiger partial charge in [-0.05, 0) is 44.0 Å². The number of ether oxygens (including phenoxy) is 1.